The van der Waals surface area contributed by atoms with Crippen LogP contribution in [0.2, 0.25) is 0 Å². The molecule has 1 aromatic rings. The Morgan fingerprint density at radius 2 is 2.36 bits per heavy atom. The van der Waals surface area contributed by atoms with Crippen LogP contribution in [0.3, 0.4) is 0 Å². The molecular formula is C10H15FN2O. The molecule has 0 aliphatic heterocycles. The van der Waals surface area contributed by atoms with Gasteiger partial charge in [-0.3, -0.25) is 4.98 Å². The fourth-order valence-electron chi connectivity index (χ4n) is 1.04. The molecule has 14 heavy (non-hydrogen) atoms. The molecule has 2 N–H and O–H groups in total. The van der Waals surface area contributed by atoms with Gasteiger partial charge in [-0.15, -0.1) is 0 Å². The van der Waals surface area contributed by atoms with E-state index in [0.717, 1.165) is 6.42 Å². The minimum atomic E-state index is -1.16. The average Bonchev–Trinajstić information content (AvgIpc) is 2.25. The second-order valence-electron chi connectivity index (χ2n) is 3.01. The average molecular weight is 198 g/mol. The first-order valence-corrected chi connectivity index (χ1v) is 4.69. The maximum atomic E-state index is 13.1. The number of nitrogens with two attached hydrogens (primary N) is 1. The van der Waals surface area contributed by atoms with E-state index in [9.17, 15) is 4.39 Å². The lowest BCUT2D eigenvalue weighted by Gasteiger charge is -2.08. The molecule has 78 valence electrons. The summed E-state index contributed by atoms with van der Waals surface area (Å²) in [5, 5.41) is 0. The van der Waals surface area contributed by atoms with Crippen molar-refractivity contribution in [1.82, 2.24) is 4.98 Å². The van der Waals surface area contributed by atoms with E-state index in [2.05, 4.69) is 4.98 Å². The van der Waals surface area contributed by atoms with E-state index in [-0.39, 0.29) is 6.54 Å². The summed E-state index contributed by atoms with van der Waals surface area (Å²) in [5.74, 6) is 0.598. The standard InChI is InChI=1S/C10H15FN2O/c1-2-3-14-9-4-8(6-13-7-9)10(11)5-12/h4,6-7,10H,2-3,5,12H2,1H3. The number of halogens is 1. The van der Waals surface area contributed by atoms with Crippen LogP contribution in [0.1, 0.15) is 25.1 Å². The molecule has 0 aliphatic rings. The van der Waals surface area contributed by atoms with Gasteiger partial charge < -0.3 is 10.5 Å². The van der Waals surface area contributed by atoms with Gasteiger partial charge in [0.15, 0.2) is 0 Å². The van der Waals surface area contributed by atoms with Crippen LogP contribution in [0.4, 0.5) is 4.39 Å². The molecule has 1 rings (SSSR count). The van der Waals surface area contributed by atoms with Gasteiger partial charge in [-0.2, -0.15) is 0 Å². The first kappa shape index (κ1) is 10.9. The summed E-state index contributed by atoms with van der Waals surface area (Å²) >= 11 is 0. The van der Waals surface area contributed by atoms with Crippen molar-refractivity contribution in [3.05, 3.63) is 24.0 Å². The smallest absolute Gasteiger partial charge is 0.139 e. The van der Waals surface area contributed by atoms with E-state index in [4.69, 9.17) is 10.5 Å². The molecular weight excluding hydrogens is 183 g/mol. The Hall–Kier alpha value is -1.16. The number of hydrogen-bond acceptors (Lipinski definition) is 3. The number of rotatable bonds is 5. The van der Waals surface area contributed by atoms with Crippen molar-refractivity contribution in [2.45, 2.75) is 19.5 Å². The zero-order valence-corrected chi connectivity index (χ0v) is 8.24. The van der Waals surface area contributed by atoms with Gasteiger partial charge in [0, 0.05) is 18.3 Å². The second-order valence-corrected chi connectivity index (χ2v) is 3.01. The predicted molar refractivity (Wildman–Crippen MR) is 52.9 cm³/mol. The van der Waals surface area contributed by atoms with Crippen molar-refractivity contribution in [1.29, 1.82) is 0 Å². The number of nitrogens with zero attached hydrogens (tertiary/aromatic N) is 1. The number of alkyl halides is 1. The summed E-state index contributed by atoms with van der Waals surface area (Å²) in [6.45, 7) is 2.60. The van der Waals surface area contributed by atoms with Crippen LogP contribution in [-0.2, 0) is 0 Å². The highest BCUT2D eigenvalue weighted by molar-refractivity contribution is 5.25. The first-order valence-electron chi connectivity index (χ1n) is 4.69. The number of pyridine rings is 1. The Balaban J connectivity index is 2.68. The zero-order valence-electron chi connectivity index (χ0n) is 8.24. The minimum absolute atomic E-state index is 0.0289. The van der Waals surface area contributed by atoms with E-state index >= 15 is 0 Å². The third-order valence-corrected chi connectivity index (χ3v) is 1.78. The largest absolute Gasteiger partial charge is 0.492 e. The molecule has 4 heteroatoms. The van der Waals surface area contributed by atoms with Crippen LogP contribution >= 0.6 is 0 Å². The van der Waals surface area contributed by atoms with Gasteiger partial charge in [-0.25, -0.2) is 4.39 Å². The van der Waals surface area contributed by atoms with Gasteiger partial charge in [-0.1, -0.05) is 6.92 Å². The van der Waals surface area contributed by atoms with E-state index in [1.165, 1.54) is 6.20 Å². The molecule has 0 radical (unpaired) electrons. The van der Waals surface area contributed by atoms with Crippen LogP contribution in [0, 0.1) is 0 Å². The first-order chi connectivity index (χ1) is 6.77. The molecule has 0 aromatic carbocycles. The number of aromatic nitrogens is 1. The third-order valence-electron chi connectivity index (χ3n) is 1.78. The van der Waals surface area contributed by atoms with Gasteiger partial charge in [-0.05, 0) is 12.5 Å². The van der Waals surface area contributed by atoms with Crippen molar-refractivity contribution >= 4 is 0 Å². The molecule has 0 fully saturated rings. The molecule has 0 saturated carbocycles. The van der Waals surface area contributed by atoms with Crippen LogP contribution in [0.5, 0.6) is 5.75 Å². The highest BCUT2D eigenvalue weighted by atomic mass is 19.1. The van der Waals surface area contributed by atoms with Crippen LogP contribution in [0.25, 0.3) is 0 Å². The lowest BCUT2D eigenvalue weighted by atomic mass is 10.2. The molecule has 0 bridgehead atoms. The Kier molecular flexibility index (Phi) is 4.32. The van der Waals surface area contributed by atoms with Crippen LogP contribution < -0.4 is 10.5 Å². The van der Waals surface area contributed by atoms with Gasteiger partial charge in [0.25, 0.3) is 0 Å². The summed E-state index contributed by atoms with van der Waals surface area (Å²) < 4.78 is 18.5. The van der Waals surface area contributed by atoms with E-state index in [0.29, 0.717) is 17.9 Å². The van der Waals surface area contributed by atoms with E-state index < -0.39 is 6.17 Å². The molecule has 1 atom stereocenters. The summed E-state index contributed by atoms with van der Waals surface area (Å²) in [5.41, 5.74) is 5.68. The molecule has 3 nitrogen and oxygen atoms in total. The summed E-state index contributed by atoms with van der Waals surface area (Å²) in [6.07, 6.45) is 2.80. The van der Waals surface area contributed by atoms with Crippen molar-refractivity contribution in [3.63, 3.8) is 0 Å². The highest BCUT2D eigenvalue weighted by Crippen LogP contribution is 2.19. The van der Waals surface area contributed by atoms with Gasteiger partial charge >= 0.3 is 0 Å². The molecule has 0 saturated heterocycles. The molecule has 0 amide bonds. The zero-order chi connectivity index (χ0) is 10.4. The lowest BCUT2D eigenvalue weighted by molar-refractivity contribution is 0.311. The molecule has 1 heterocycles. The number of ether oxygens (including phenoxy) is 1. The maximum Gasteiger partial charge on any atom is 0.139 e. The third kappa shape index (κ3) is 2.96. The summed E-state index contributed by atoms with van der Waals surface area (Å²) in [4.78, 5) is 3.89. The van der Waals surface area contributed by atoms with Crippen molar-refractivity contribution in [2.24, 2.45) is 5.73 Å². The van der Waals surface area contributed by atoms with Crippen LogP contribution in [0.15, 0.2) is 18.5 Å². The van der Waals surface area contributed by atoms with Crippen molar-refractivity contribution < 1.29 is 9.13 Å². The van der Waals surface area contributed by atoms with E-state index in [1.54, 1.807) is 12.3 Å². The Morgan fingerprint density at radius 1 is 1.57 bits per heavy atom. The van der Waals surface area contributed by atoms with Gasteiger partial charge in [0.1, 0.15) is 11.9 Å². The SMILES string of the molecule is CCCOc1cncc(C(F)CN)c1. The summed E-state index contributed by atoms with van der Waals surface area (Å²) in [7, 11) is 0. The quantitative estimate of drug-likeness (QED) is 0.785. The fraction of sp³-hybridized carbons (Fsp3) is 0.500. The Morgan fingerprint density at radius 3 is 3.00 bits per heavy atom. The molecule has 0 aliphatic carbocycles. The Bertz CT molecular complexity index is 281. The molecule has 0 spiro atoms. The monoisotopic (exact) mass is 198 g/mol. The molecule has 1 unspecified atom stereocenters. The molecule has 1 aromatic heterocycles. The Labute approximate surface area is 83.1 Å². The lowest BCUT2D eigenvalue weighted by Crippen LogP contribution is -2.08. The second kappa shape index (κ2) is 5.54. The normalized spacial score (nSPS) is 12.5. The van der Waals surface area contributed by atoms with E-state index in [1.807, 2.05) is 6.92 Å². The van der Waals surface area contributed by atoms with Gasteiger partial charge in [0.2, 0.25) is 0 Å². The highest BCUT2D eigenvalue weighted by Gasteiger charge is 2.08. The van der Waals surface area contributed by atoms with Crippen LogP contribution in [-0.4, -0.2) is 18.1 Å². The minimum Gasteiger partial charge on any atom is -0.492 e. The maximum absolute atomic E-state index is 13.1. The summed E-state index contributed by atoms with van der Waals surface area (Å²) in [6, 6.07) is 1.64. The van der Waals surface area contributed by atoms with Crippen molar-refractivity contribution in [3.8, 4) is 5.75 Å². The predicted octanol–water partition coefficient (Wildman–Crippen LogP) is 1.84. The fourth-order valence-corrected chi connectivity index (χ4v) is 1.04. The van der Waals surface area contributed by atoms with Gasteiger partial charge in [0.05, 0.1) is 12.8 Å². The van der Waals surface area contributed by atoms with Crippen molar-refractivity contribution in [2.75, 3.05) is 13.2 Å². The number of hydrogen-bond donors (Lipinski definition) is 1. The topological polar surface area (TPSA) is 48.1 Å².